The topological polar surface area (TPSA) is 54.9 Å². The number of aromatic amines is 1. The van der Waals surface area contributed by atoms with E-state index in [9.17, 15) is 18.4 Å². The van der Waals surface area contributed by atoms with Gasteiger partial charge in [0, 0.05) is 12.4 Å². The van der Waals surface area contributed by atoms with Crippen molar-refractivity contribution in [3.05, 3.63) is 62.9 Å². The number of para-hydroxylation sites is 1. The number of nitrogens with zero attached hydrogens (tertiary/aromatic N) is 1. The van der Waals surface area contributed by atoms with Gasteiger partial charge < -0.3 is 4.98 Å². The Bertz CT molecular complexity index is 626. The minimum atomic E-state index is -1.04. The summed E-state index contributed by atoms with van der Waals surface area (Å²) in [6, 6.07) is 3.18. The van der Waals surface area contributed by atoms with Crippen LogP contribution in [0.2, 0.25) is 0 Å². The number of hydrogen-bond acceptors (Lipinski definition) is 2. The van der Waals surface area contributed by atoms with E-state index in [1.807, 2.05) is 0 Å². The number of halogens is 2. The summed E-state index contributed by atoms with van der Waals surface area (Å²) < 4.78 is 27.3. The molecule has 2 rings (SSSR count). The summed E-state index contributed by atoms with van der Waals surface area (Å²) in [6.45, 7) is 0. The smallest absolute Gasteiger partial charge is 0.320 e. The number of hydrogen-bond donors (Lipinski definition) is 1. The zero-order valence-electron chi connectivity index (χ0n) is 7.91. The Kier molecular flexibility index (Phi) is 2.40. The number of H-pyrrole nitrogens is 1. The first kappa shape index (κ1) is 10.3. The summed E-state index contributed by atoms with van der Waals surface area (Å²) >= 11 is 0. The molecule has 16 heavy (non-hydrogen) atoms. The molecule has 2 aromatic rings. The maximum absolute atomic E-state index is 13.3. The molecule has 82 valence electrons. The van der Waals surface area contributed by atoms with Gasteiger partial charge in [0.1, 0.15) is 17.3 Å². The Morgan fingerprint density at radius 1 is 1.12 bits per heavy atom. The van der Waals surface area contributed by atoms with E-state index >= 15 is 0 Å². The predicted molar refractivity (Wildman–Crippen MR) is 52.6 cm³/mol. The van der Waals surface area contributed by atoms with Gasteiger partial charge in [-0.25, -0.2) is 8.78 Å². The van der Waals surface area contributed by atoms with E-state index in [0.717, 1.165) is 24.5 Å². The fourth-order valence-electron chi connectivity index (χ4n) is 1.32. The predicted octanol–water partition coefficient (Wildman–Crippen LogP) is 0.804. The van der Waals surface area contributed by atoms with Gasteiger partial charge in [0.15, 0.2) is 0 Å². The zero-order chi connectivity index (χ0) is 11.7. The van der Waals surface area contributed by atoms with Crippen LogP contribution >= 0.6 is 0 Å². The monoisotopic (exact) mass is 224 g/mol. The molecule has 0 atom stereocenters. The van der Waals surface area contributed by atoms with Crippen molar-refractivity contribution in [3.8, 4) is 5.69 Å². The van der Waals surface area contributed by atoms with Crippen molar-refractivity contribution in [2.24, 2.45) is 0 Å². The minimum absolute atomic E-state index is 0.557. The first-order valence-electron chi connectivity index (χ1n) is 4.36. The highest BCUT2D eigenvalue weighted by atomic mass is 19.1. The highest BCUT2D eigenvalue weighted by Crippen LogP contribution is 2.14. The second-order valence-electron chi connectivity index (χ2n) is 3.03. The lowest BCUT2D eigenvalue weighted by atomic mass is 10.3. The van der Waals surface area contributed by atoms with E-state index in [4.69, 9.17) is 0 Å². The fourth-order valence-corrected chi connectivity index (χ4v) is 1.32. The van der Waals surface area contributed by atoms with Gasteiger partial charge in [-0.3, -0.25) is 14.2 Å². The van der Waals surface area contributed by atoms with E-state index in [-0.39, 0.29) is 0 Å². The molecule has 6 heteroatoms. The van der Waals surface area contributed by atoms with Crippen LogP contribution in [0, 0.1) is 11.6 Å². The summed E-state index contributed by atoms with van der Waals surface area (Å²) in [4.78, 5) is 24.5. The molecule has 1 N–H and O–H groups in total. The van der Waals surface area contributed by atoms with Crippen molar-refractivity contribution >= 4 is 0 Å². The van der Waals surface area contributed by atoms with Gasteiger partial charge in [-0.15, -0.1) is 0 Å². The van der Waals surface area contributed by atoms with Crippen LogP contribution in [0.1, 0.15) is 0 Å². The van der Waals surface area contributed by atoms with Gasteiger partial charge in [0.05, 0.1) is 0 Å². The van der Waals surface area contributed by atoms with Crippen molar-refractivity contribution in [3.63, 3.8) is 0 Å². The second kappa shape index (κ2) is 3.73. The Balaban J connectivity index is 2.83. The molecule has 0 bridgehead atoms. The van der Waals surface area contributed by atoms with Gasteiger partial charge >= 0.3 is 11.1 Å². The number of benzene rings is 1. The number of aromatic nitrogens is 2. The van der Waals surface area contributed by atoms with Gasteiger partial charge in [0.2, 0.25) is 0 Å². The van der Waals surface area contributed by atoms with Crippen LogP contribution in [-0.4, -0.2) is 9.55 Å². The van der Waals surface area contributed by atoms with Gasteiger partial charge in [-0.05, 0) is 12.1 Å². The average Bonchev–Trinajstić information content (AvgIpc) is 2.24. The Morgan fingerprint density at radius 3 is 2.38 bits per heavy atom. The molecule has 0 aliphatic heterocycles. The summed E-state index contributed by atoms with van der Waals surface area (Å²) in [7, 11) is 0. The van der Waals surface area contributed by atoms with E-state index < -0.39 is 28.4 Å². The Morgan fingerprint density at radius 2 is 1.75 bits per heavy atom. The molecule has 0 spiro atoms. The second-order valence-corrected chi connectivity index (χ2v) is 3.03. The molecule has 1 aromatic carbocycles. The molecule has 0 amide bonds. The molecule has 0 aliphatic rings. The third-order valence-corrected chi connectivity index (χ3v) is 2.03. The molecular formula is C10H6F2N2O2. The van der Waals surface area contributed by atoms with Gasteiger partial charge in [-0.1, -0.05) is 6.07 Å². The van der Waals surface area contributed by atoms with Crippen molar-refractivity contribution in [2.75, 3.05) is 0 Å². The van der Waals surface area contributed by atoms with Crippen LogP contribution in [0.5, 0.6) is 0 Å². The van der Waals surface area contributed by atoms with E-state index in [1.165, 1.54) is 6.07 Å². The van der Waals surface area contributed by atoms with E-state index in [0.29, 0.717) is 4.57 Å². The van der Waals surface area contributed by atoms with E-state index in [1.54, 1.807) is 0 Å². The van der Waals surface area contributed by atoms with Crippen LogP contribution in [-0.2, 0) is 0 Å². The third-order valence-electron chi connectivity index (χ3n) is 2.03. The molecule has 0 unspecified atom stereocenters. The minimum Gasteiger partial charge on any atom is -0.323 e. The molecule has 0 saturated carbocycles. The van der Waals surface area contributed by atoms with Gasteiger partial charge in [-0.2, -0.15) is 0 Å². The van der Waals surface area contributed by atoms with Crippen LogP contribution in [0.3, 0.4) is 0 Å². The Labute approximate surface area is 87.8 Å². The van der Waals surface area contributed by atoms with Crippen molar-refractivity contribution in [1.29, 1.82) is 0 Å². The number of rotatable bonds is 1. The third kappa shape index (κ3) is 1.54. The molecule has 0 radical (unpaired) electrons. The first-order valence-corrected chi connectivity index (χ1v) is 4.36. The van der Waals surface area contributed by atoms with Crippen LogP contribution in [0.4, 0.5) is 8.78 Å². The first-order chi connectivity index (χ1) is 7.61. The van der Waals surface area contributed by atoms with Crippen LogP contribution in [0.25, 0.3) is 5.69 Å². The largest absolute Gasteiger partial charge is 0.323 e. The van der Waals surface area contributed by atoms with E-state index in [2.05, 4.69) is 4.98 Å². The fraction of sp³-hybridized carbons (Fsp3) is 0. The van der Waals surface area contributed by atoms with Crippen molar-refractivity contribution < 1.29 is 8.78 Å². The lowest BCUT2D eigenvalue weighted by Crippen LogP contribution is -2.35. The zero-order valence-corrected chi connectivity index (χ0v) is 7.91. The quantitative estimate of drug-likeness (QED) is 0.728. The molecule has 1 aromatic heterocycles. The maximum atomic E-state index is 13.3. The molecule has 4 nitrogen and oxygen atoms in total. The Hall–Kier alpha value is -2.24. The maximum Gasteiger partial charge on any atom is 0.320 e. The summed E-state index contributed by atoms with van der Waals surface area (Å²) in [6.07, 6.45) is 2.22. The molecule has 0 aliphatic carbocycles. The van der Waals surface area contributed by atoms with Gasteiger partial charge in [0.25, 0.3) is 0 Å². The summed E-state index contributed by atoms with van der Waals surface area (Å²) in [5.41, 5.74) is -2.53. The number of nitrogens with one attached hydrogen (secondary N) is 1. The normalized spacial score (nSPS) is 10.4. The molecular weight excluding hydrogens is 218 g/mol. The summed E-state index contributed by atoms with van der Waals surface area (Å²) in [5, 5.41) is 0. The highest BCUT2D eigenvalue weighted by molar-refractivity contribution is 5.34. The van der Waals surface area contributed by atoms with Crippen molar-refractivity contribution in [1.82, 2.24) is 9.55 Å². The van der Waals surface area contributed by atoms with Crippen molar-refractivity contribution in [2.45, 2.75) is 0 Å². The highest BCUT2D eigenvalue weighted by Gasteiger charge is 2.12. The SMILES string of the molecule is O=c1[nH]ccn(-c2c(F)cccc2F)c1=O. The average molecular weight is 224 g/mol. The lowest BCUT2D eigenvalue weighted by molar-refractivity contribution is 0.565. The standard InChI is InChI=1S/C10H6F2N2O2/c11-6-2-1-3-7(12)8(6)14-5-4-13-9(15)10(14)16/h1-5H,(H,13,15). The lowest BCUT2D eigenvalue weighted by Gasteiger charge is -2.06. The summed E-state index contributed by atoms with van der Waals surface area (Å²) in [5.74, 6) is -1.82. The van der Waals surface area contributed by atoms with Crippen LogP contribution in [0.15, 0.2) is 40.2 Å². The van der Waals surface area contributed by atoms with Crippen LogP contribution < -0.4 is 11.1 Å². The molecule has 0 fully saturated rings. The molecule has 1 heterocycles. The molecule has 0 saturated heterocycles.